The molecule has 0 radical (unpaired) electrons. The molecule has 0 atom stereocenters. The minimum absolute atomic E-state index is 0.0628. The van der Waals surface area contributed by atoms with Crippen LogP contribution in [0, 0.1) is 5.41 Å². The number of hydrogen-bond acceptors (Lipinski definition) is 3. The molecule has 1 rings (SSSR count). The molecule has 1 aliphatic rings. The minimum atomic E-state index is -0.200. The van der Waals surface area contributed by atoms with E-state index in [0.29, 0.717) is 0 Å². The Morgan fingerprint density at radius 2 is 1.92 bits per heavy atom. The van der Waals surface area contributed by atoms with E-state index in [-0.39, 0.29) is 23.7 Å². The SMILES string of the molecule is CC(C)(C)NCC1(CO)CC(O)C1. The first-order valence-corrected chi connectivity index (χ1v) is 4.91. The molecular formula is C10H21NO2. The zero-order valence-electron chi connectivity index (χ0n) is 8.80. The van der Waals surface area contributed by atoms with E-state index >= 15 is 0 Å². The molecule has 3 heteroatoms. The van der Waals surface area contributed by atoms with Gasteiger partial charge in [-0.2, -0.15) is 0 Å². The lowest BCUT2D eigenvalue weighted by Crippen LogP contribution is -2.53. The highest BCUT2D eigenvalue weighted by Gasteiger charge is 2.43. The smallest absolute Gasteiger partial charge is 0.0553 e. The summed E-state index contributed by atoms with van der Waals surface area (Å²) in [5.41, 5.74) is 0.0232. The summed E-state index contributed by atoms with van der Waals surface area (Å²) in [6.07, 6.45) is 1.26. The molecule has 0 heterocycles. The largest absolute Gasteiger partial charge is 0.396 e. The van der Waals surface area contributed by atoms with Gasteiger partial charge in [-0.05, 0) is 33.6 Å². The highest BCUT2D eigenvalue weighted by molar-refractivity contribution is 4.96. The van der Waals surface area contributed by atoms with E-state index in [1.807, 2.05) is 0 Å². The first kappa shape index (κ1) is 11.0. The van der Waals surface area contributed by atoms with Crippen molar-refractivity contribution in [2.45, 2.75) is 45.3 Å². The van der Waals surface area contributed by atoms with Crippen molar-refractivity contribution in [2.75, 3.05) is 13.2 Å². The third-order valence-corrected chi connectivity index (χ3v) is 2.67. The van der Waals surface area contributed by atoms with Crippen molar-refractivity contribution in [1.82, 2.24) is 5.32 Å². The van der Waals surface area contributed by atoms with E-state index in [4.69, 9.17) is 0 Å². The maximum atomic E-state index is 9.21. The van der Waals surface area contributed by atoms with Crippen LogP contribution in [0.3, 0.4) is 0 Å². The summed E-state index contributed by atoms with van der Waals surface area (Å²) in [6, 6.07) is 0. The molecule has 1 aliphatic carbocycles. The fourth-order valence-corrected chi connectivity index (χ4v) is 1.72. The Balaban J connectivity index is 2.34. The highest BCUT2D eigenvalue weighted by atomic mass is 16.3. The van der Waals surface area contributed by atoms with Crippen molar-refractivity contribution >= 4 is 0 Å². The average Bonchev–Trinajstić information content (AvgIpc) is 1.94. The van der Waals surface area contributed by atoms with Crippen molar-refractivity contribution in [3.8, 4) is 0 Å². The molecular weight excluding hydrogens is 166 g/mol. The topological polar surface area (TPSA) is 52.5 Å². The van der Waals surface area contributed by atoms with Crippen LogP contribution in [0.5, 0.6) is 0 Å². The molecule has 0 amide bonds. The van der Waals surface area contributed by atoms with Crippen molar-refractivity contribution in [2.24, 2.45) is 5.41 Å². The lowest BCUT2D eigenvalue weighted by atomic mass is 9.67. The van der Waals surface area contributed by atoms with Crippen LogP contribution in [0.15, 0.2) is 0 Å². The Morgan fingerprint density at radius 1 is 1.38 bits per heavy atom. The van der Waals surface area contributed by atoms with Gasteiger partial charge < -0.3 is 15.5 Å². The van der Waals surface area contributed by atoms with Gasteiger partial charge in [-0.3, -0.25) is 0 Å². The van der Waals surface area contributed by atoms with Gasteiger partial charge in [-0.25, -0.2) is 0 Å². The van der Waals surface area contributed by atoms with E-state index in [1.165, 1.54) is 0 Å². The third-order valence-electron chi connectivity index (χ3n) is 2.67. The van der Waals surface area contributed by atoms with Crippen molar-refractivity contribution in [3.63, 3.8) is 0 Å². The Bertz CT molecular complexity index is 168. The summed E-state index contributed by atoms with van der Waals surface area (Å²) < 4.78 is 0. The maximum absolute atomic E-state index is 9.21. The minimum Gasteiger partial charge on any atom is -0.396 e. The molecule has 78 valence electrons. The quantitative estimate of drug-likeness (QED) is 0.603. The Morgan fingerprint density at radius 3 is 2.23 bits per heavy atom. The molecule has 0 aliphatic heterocycles. The van der Waals surface area contributed by atoms with Crippen LogP contribution >= 0.6 is 0 Å². The molecule has 0 saturated heterocycles. The fraction of sp³-hybridized carbons (Fsp3) is 1.00. The zero-order valence-corrected chi connectivity index (χ0v) is 8.80. The second kappa shape index (κ2) is 3.56. The zero-order chi connectivity index (χ0) is 10.1. The van der Waals surface area contributed by atoms with Gasteiger partial charge in [0.15, 0.2) is 0 Å². The summed E-state index contributed by atoms with van der Waals surface area (Å²) in [5.74, 6) is 0. The van der Waals surface area contributed by atoms with Gasteiger partial charge in [0.2, 0.25) is 0 Å². The summed E-state index contributed by atoms with van der Waals surface area (Å²) in [5, 5.41) is 21.8. The Labute approximate surface area is 80.2 Å². The van der Waals surface area contributed by atoms with Gasteiger partial charge in [-0.15, -0.1) is 0 Å². The maximum Gasteiger partial charge on any atom is 0.0553 e. The van der Waals surface area contributed by atoms with E-state index < -0.39 is 0 Å². The van der Waals surface area contributed by atoms with E-state index in [0.717, 1.165) is 19.4 Å². The van der Waals surface area contributed by atoms with Crippen molar-refractivity contribution in [3.05, 3.63) is 0 Å². The molecule has 0 aromatic carbocycles. The van der Waals surface area contributed by atoms with Crippen molar-refractivity contribution < 1.29 is 10.2 Å². The van der Waals surface area contributed by atoms with Crippen LogP contribution in [0.2, 0.25) is 0 Å². The normalized spacial score (nSPS) is 34.4. The summed E-state index contributed by atoms with van der Waals surface area (Å²) in [4.78, 5) is 0. The number of nitrogens with one attached hydrogen (secondary N) is 1. The van der Waals surface area contributed by atoms with Gasteiger partial charge in [0.25, 0.3) is 0 Å². The molecule has 0 bridgehead atoms. The third kappa shape index (κ3) is 2.93. The number of aliphatic hydroxyl groups is 2. The second-order valence-electron chi connectivity index (χ2n) is 5.32. The van der Waals surface area contributed by atoms with Gasteiger partial charge in [0, 0.05) is 17.5 Å². The summed E-state index contributed by atoms with van der Waals surface area (Å²) in [6.45, 7) is 7.28. The van der Waals surface area contributed by atoms with Gasteiger partial charge in [-0.1, -0.05) is 0 Å². The predicted molar refractivity (Wildman–Crippen MR) is 52.5 cm³/mol. The number of rotatable bonds is 3. The summed E-state index contributed by atoms with van der Waals surface area (Å²) in [7, 11) is 0. The first-order valence-electron chi connectivity index (χ1n) is 4.91. The predicted octanol–water partition coefficient (Wildman–Crippen LogP) is 0.508. The van der Waals surface area contributed by atoms with Crippen LogP contribution in [-0.2, 0) is 0 Å². The van der Waals surface area contributed by atoms with Crippen LogP contribution in [0.25, 0.3) is 0 Å². The molecule has 1 fully saturated rings. The Kier molecular flexibility index (Phi) is 3.00. The van der Waals surface area contributed by atoms with Crippen molar-refractivity contribution in [1.29, 1.82) is 0 Å². The molecule has 0 unspecified atom stereocenters. The first-order chi connectivity index (χ1) is 5.87. The van der Waals surface area contributed by atoms with Gasteiger partial charge >= 0.3 is 0 Å². The van der Waals surface area contributed by atoms with E-state index in [1.54, 1.807) is 0 Å². The van der Waals surface area contributed by atoms with Gasteiger partial charge in [0.1, 0.15) is 0 Å². The monoisotopic (exact) mass is 187 g/mol. The second-order valence-corrected chi connectivity index (χ2v) is 5.32. The average molecular weight is 187 g/mol. The molecule has 3 N–H and O–H groups in total. The lowest BCUT2D eigenvalue weighted by molar-refractivity contribution is -0.0649. The molecule has 1 saturated carbocycles. The molecule has 0 spiro atoms. The fourth-order valence-electron chi connectivity index (χ4n) is 1.72. The molecule has 3 nitrogen and oxygen atoms in total. The van der Waals surface area contributed by atoms with E-state index in [2.05, 4.69) is 26.1 Å². The molecule has 0 aromatic rings. The van der Waals surface area contributed by atoms with E-state index in [9.17, 15) is 10.2 Å². The number of hydrogen-bond donors (Lipinski definition) is 3. The lowest BCUT2D eigenvalue weighted by Gasteiger charge is -2.45. The van der Waals surface area contributed by atoms with Crippen LogP contribution in [0.1, 0.15) is 33.6 Å². The molecule has 13 heavy (non-hydrogen) atoms. The van der Waals surface area contributed by atoms with Gasteiger partial charge in [0.05, 0.1) is 12.7 Å². The Hall–Kier alpha value is -0.120. The number of aliphatic hydroxyl groups excluding tert-OH is 2. The van der Waals surface area contributed by atoms with Crippen LogP contribution < -0.4 is 5.32 Å². The summed E-state index contributed by atoms with van der Waals surface area (Å²) >= 11 is 0. The standard InChI is InChI=1S/C10H21NO2/c1-9(2,3)11-6-10(7-12)4-8(13)5-10/h8,11-13H,4-7H2,1-3H3. The molecule has 0 aromatic heterocycles. The van der Waals surface area contributed by atoms with Crippen LogP contribution in [0.4, 0.5) is 0 Å². The highest BCUT2D eigenvalue weighted by Crippen LogP contribution is 2.40. The van der Waals surface area contributed by atoms with Crippen LogP contribution in [-0.4, -0.2) is 35.0 Å².